The van der Waals surface area contributed by atoms with Crippen LogP contribution in [0.3, 0.4) is 0 Å². The molecule has 2 rings (SSSR count). The molecule has 88 valence electrons. The van der Waals surface area contributed by atoms with Crippen LogP contribution >= 0.6 is 0 Å². The van der Waals surface area contributed by atoms with Gasteiger partial charge >= 0.3 is 0 Å². The molecule has 0 aromatic carbocycles. The zero-order chi connectivity index (χ0) is 11.1. The molecule has 0 radical (unpaired) electrons. The molecule has 1 saturated heterocycles. The van der Waals surface area contributed by atoms with E-state index in [1.165, 1.54) is 12.8 Å². The molecule has 3 nitrogen and oxygen atoms in total. The summed E-state index contributed by atoms with van der Waals surface area (Å²) in [6, 6.07) is 3.06. The van der Waals surface area contributed by atoms with Gasteiger partial charge in [0.25, 0.3) is 0 Å². The summed E-state index contributed by atoms with van der Waals surface area (Å²) in [5, 5.41) is 15.7. The maximum Gasteiger partial charge on any atom is 0.0703 e. The molecule has 2 N–H and O–H groups in total. The molecule has 1 heterocycles. The van der Waals surface area contributed by atoms with Crippen molar-refractivity contribution in [2.75, 3.05) is 19.6 Å². The van der Waals surface area contributed by atoms with Gasteiger partial charge in [0.1, 0.15) is 0 Å². The van der Waals surface area contributed by atoms with Crippen LogP contribution in [-0.4, -0.2) is 25.7 Å². The maximum atomic E-state index is 8.88. The fourth-order valence-electron chi connectivity index (χ4n) is 1.84. The minimum Gasteiger partial charge on any atom is -0.317 e. The molecule has 2 aliphatic rings. The summed E-state index contributed by atoms with van der Waals surface area (Å²) in [4.78, 5) is 0. The van der Waals surface area contributed by atoms with E-state index in [2.05, 4.69) is 16.7 Å². The van der Waals surface area contributed by atoms with Gasteiger partial charge in [-0.1, -0.05) is 13.8 Å². The molecule has 0 aromatic rings. The Bertz CT molecular complexity index is 215. The van der Waals surface area contributed by atoms with Crippen LogP contribution in [0.2, 0.25) is 0 Å². The van der Waals surface area contributed by atoms with E-state index in [9.17, 15) is 0 Å². The number of rotatable bonds is 3. The van der Waals surface area contributed by atoms with Gasteiger partial charge in [0.2, 0.25) is 0 Å². The third kappa shape index (κ3) is 3.81. The van der Waals surface area contributed by atoms with Crippen molar-refractivity contribution in [3.63, 3.8) is 0 Å². The molecular weight excluding hydrogens is 186 g/mol. The van der Waals surface area contributed by atoms with Crippen LogP contribution in [-0.2, 0) is 0 Å². The van der Waals surface area contributed by atoms with Crippen molar-refractivity contribution in [3.05, 3.63) is 0 Å². The van der Waals surface area contributed by atoms with Crippen LogP contribution in [0.1, 0.15) is 41.0 Å². The number of nitrogens with one attached hydrogen (secondary N) is 2. The Labute approximate surface area is 94.7 Å². The molecule has 0 atom stereocenters. The lowest BCUT2D eigenvalue weighted by Crippen LogP contribution is -2.41. The summed E-state index contributed by atoms with van der Waals surface area (Å²) in [7, 11) is 0. The Kier molecular flexibility index (Phi) is 5.07. The van der Waals surface area contributed by atoms with E-state index in [-0.39, 0.29) is 6.84 Å². The summed E-state index contributed by atoms with van der Waals surface area (Å²) in [6.45, 7) is 7.16. The van der Waals surface area contributed by atoms with Gasteiger partial charge in [-0.15, -0.1) is 0 Å². The van der Waals surface area contributed by atoms with E-state index in [1.807, 2.05) is 13.8 Å². The SMILES string of the molecule is CC.N#CC1(CNC2CCNCC2)CC1.[HH]. The molecule has 1 saturated carbocycles. The van der Waals surface area contributed by atoms with Crippen molar-refractivity contribution in [1.29, 1.82) is 5.26 Å². The Balaban J connectivity index is 0.000000711. The van der Waals surface area contributed by atoms with Crippen molar-refractivity contribution in [1.82, 2.24) is 10.6 Å². The van der Waals surface area contributed by atoms with Gasteiger partial charge in [-0.2, -0.15) is 5.26 Å². The van der Waals surface area contributed by atoms with Gasteiger partial charge in [-0.25, -0.2) is 0 Å². The van der Waals surface area contributed by atoms with Crippen LogP contribution in [0.4, 0.5) is 0 Å². The second-order valence-electron chi connectivity index (χ2n) is 4.30. The first-order valence-corrected chi connectivity index (χ1v) is 6.20. The number of hydrogen-bond acceptors (Lipinski definition) is 3. The average Bonchev–Trinajstić information content (AvgIpc) is 3.11. The van der Waals surface area contributed by atoms with E-state index >= 15 is 0 Å². The molecule has 0 bridgehead atoms. The standard InChI is InChI=1S/C10H17N3.C2H6.H2/c11-7-10(3-4-10)8-13-9-1-5-12-6-2-9;1-2;/h9,12-13H,1-6,8H2;1-2H3;1H. The van der Waals surface area contributed by atoms with Crippen molar-refractivity contribution in [2.24, 2.45) is 5.41 Å². The fourth-order valence-corrected chi connectivity index (χ4v) is 1.84. The summed E-state index contributed by atoms with van der Waals surface area (Å²) in [5.41, 5.74) is 0.0187. The van der Waals surface area contributed by atoms with Gasteiger partial charge in [0, 0.05) is 14.0 Å². The minimum atomic E-state index is 0. The third-order valence-electron chi connectivity index (χ3n) is 3.16. The third-order valence-corrected chi connectivity index (χ3v) is 3.16. The maximum absolute atomic E-state index is 8.88. The molecule has 0 spiro atoms. The van der Waals surface area contributed by atoms with Crippen molar-refractivity contribution < 1.29 is 1.43 Å². The quantitative estimate of drug-likeness (QED) is 0.749. The van der Waals surface area contributed by atoms with E-state index in [0.29, 0.717) is 6.04 Å². The zero-order valence-electron chi connectivity index (χ0n) is 9.97. The molecule has 0 amide bonds. The van der Waals surface area contributed by atoms with E-state index < -0.39 is 0 Å². The lowest BCUT2D eigenvalue weighted by molar-refractivity contribution is 0.370. The van der Waals surface area contributed by atoms with Gasteiger partial charge in [-0.3, -0.25) is 0 Å². The van der Waals surface area contributed by atoms with Crippen LogP contribution in [0.5, 0.6) is 0 Å². The first kappa shape index (κ1) is 12.5. The largest absolute Gasteiger partial charge is 0.317 e. The Morgan fingerprint density at radius 3 is 2.47 bits per heavy atom. The second kappa shape index (κ2) is 6.09. The van der Waals surface area contributed by atoms with Gasteiger partial charge in [0.05, 0.1) is 11.5 Å². The van der Waals surface area contributed by atoms with E-state index in [0.717, 1.165) is 32.5 Å². The van der Waals surface area contributed by atoms with Crippen LogP contribution in [0.25, 0.3) is 0 Å². The first-order valence-electron chi connectivity index (χ1n) is 6.20. The number of nitriles is 1. The van der Waals surface area contributed by atoms with Crippen LogP contribution in [0.15, 0.2) is 0 Å². The Hall–Kier alpha value is -0.590. The van der Waals surface area contributed by atoms with E-state index in [1.54, 1.807) is 0 Å². The highest BCUT2D eigenvalue weighted by Gasteiger charge is 2.43. The average molecular weight is 211 g/mol. The highest BCUT2D eigenvalue weighted by molar-refractivity contribution is 5.11. The highest BCUT2D eigenvalue weighted by atomic mass is 15.0. The number of piperidine rings is 1. The second-order valence-corrected chi connectivity index (χ2v) is 4.30. The smallest absolute Gasteiger partial charge is 0.0703 e. The van der Waals surface area contributed by atoms with Crippen LogP contribution in [0, 0.1) is 16.7 Å². The Morgan fingerprint density at radius 2 is 2.00 bits per heavy atom. The fraction of sp³-hybridized carbons (Fsp3) is 0.917. The summed E-state index contributed by atoms with van der Waals surface area (Å²) < 4.78 is 0. The highest BCUT2D eigenvalue weighted by Crippen LogP contribution is 2.44. The van der Waals surface area contributed by atoms with Crippen LogP contribution < -0.4 is 10.6 Å². The predicted octanol–water partition coefficient (Wildman–Crippen LogP) is 1.90. The molecule has 1 aliphatic heterocycles. The lowest BCUT2D eigenvalue weighted by Gasteiger charge is -2.24. The summed E-state index contributed by atoms with van der Waals surface area (Å²) >= 11 is 0. The molecule has 2 fully saturated rings. The summed E-state index contributed by atoms with van der Waals surface area (Å²) in [6.07, 6.45) is 4.62. The monoisotopic (exact) mass is 211 g/mol. The minimum absolute atomic E-state index is 0. The summed E-state index contributed by atoms with van der Waals surface area (Å²) in [5.74, 6) is 0. The van der Waals surface area contributed by atoms with Crippen molar-refractivity contribution >= 4 is 0 Å². The van der Waals surface area contributed by atoms with Crippen molar-refractivity contribution in [2.45, 2.75) is 45.6 Å². The van der Waals surface area contributed by atoms with E-state index in [4.69, 9.17) is 5.26 Å². The van der Waals surface area contributed by atoms with Gasteiger partial charge < -0.3 is 10.6 Å². The topological polar surface area (TPSA) is 47.9 Å². The first-order chi connectivity index (χ1) is 7.35. The molecular formula is C12H25N3. The Morgan fingerprint density at radius 1 is 1.40 bits per heavy atom. The molecule has 0 unspecified atom stereocenters. The zero-order valence-corrected chi connectivity index (χ0v) is 9.97. The predicted molar refractivity (Wildman–Crippen MR) is 64.6 cm³/mol. The number of hydrogen-bond donors (Lipinski definition) is 2. The van der Waals surface area contributed by atoms with Gasteiger partial charge in [0.15, 0.2) is 0 Å². The normalized spacial score (nSPS) is 23.5. The number of nitrogens with zero attached hydrogens (tertiary/aromatic N) is 1. The lowest BCUT2D eigenvalue weighted by atomic mass is 10.0. The molecule has 3 heteroatoms. The molecule has 0 aromatic heterocycles. The van der Waals surface area contributed by atoms with Gasteiger partial charge in [-0.05, 0) is 38.8 Å². The molecule has 15 heavy (non-hydrogen) atoms. The molecule has 1 aliphatic carbocycles. The van der Waals surface area contributed by atoms with Crippen molar-refractivity contribution in [3.8, 4) is 6.07 Å².